The fourth-order valence-corrected chi connectivity index (χ4v) is 3.73. The summed E-state index contributed by atoms with van der Waals surface area (Å²) in [6.07, 6.45) is -0.522. The molecule has 1 aromatic heterocycles. The smallest absolute Gasteiger partial charge is 0.349 e. The van der Waals surface area contributed by atoms with Crippen molar-refractivity contribution in [2.75, 3.05) is 18.0 Å². The fourth-order valence-electron chi connectivity index (χ4n) is 3.73. The Morgan fingerprint density at radius 2 is 1.69 bits per heavy atom. The maximum absolute atomic E-state index is 12.9. The average Bonchev–Trinajstić information content (AvgIpc) is 2.81. The molecular formula is C25H33N3O7. The van der Waals surface area contributed by atoms with Gasteiger partial charge in [-0.1, -0.05) is 20.8 Å². The SMILES string of the molecule is CCC(=O)C(CC(=O)O)NC(=O)[C@@H](NC(=O)c1cc2ccc(N(CC)CC)cc2oc1=O)C(C)C. The molecule has 2 rings (SSSR count). The first-order chi connectivity index (χ1) is 16.5. The van der Waals surface area contributed by atoms with Gasteiger partial charge < -0.3 is 25.1 Å². The Labute approximate surface area is 203 Å². The van der Waals surface area contributed by atoms with Gasteiger partial charge >= 0.3 is 11.6 Å². The van der Waals surface area contributed by atoms with Gasteiger partial charge in [0.2, 0.25) is 5.91 Å². The van der Waals surface area contributed by atoms with Crippen LogP contribution in [0.25, 0.3) is 11.0 Å². The van der Waals surface area contributed by atoms with Crippen molar-refractivity contribution in [3.05, 3.63) is 40.2 Å². The van der Waals surface area contributed by atoms with E-state index < -0.39 is 53.6 Å². The number of nitrogens with zero attached hydrogens (tertiary/aromatic N) is 1. The molecule has 0 spiro atoms. The summed E-state index contributed by atoms with van der Waals surface area (Å²) in [5.74, 6) is -3.60. The first kappa shape index (κ1) is 27.6. The molecule has 0 saturated carbocycles. The van der Waals surface area contributed by atoms with E-state index in [1.807, 2.05) is 19.9 Å². The second-order valence-electron chi connectivity index (χ2n) is 8.52. The lowest BCUT2D eigenvalue weighted by Crippen LogP contribution is -2.54. The standard InChI is InChI=1S/C25H33N3O7/c1-6-19(29)18(13-21(30)31)26-24(33)22(14(4)5)27-23(32)17-11-15-9-10-16(28(7-2)8-3)12-20(15)35-25(17)34/h9-12,14,18,22H,6-8,13H2,1-5H3,(H,26,33)(H,27,32)(H,30,31)/t18?,22-/m0/s1. The third kappa shape index (κ3) is 6.91. The number of Topliss-reactive ketones (excluding diaryl/α,β-unsaturated/α-hetero) is 1. The maximum atomic E-state index is 12.9. The van der Waals surface area contributed by atoms with Crippen molar-refractivity contribution in [3.8, 4) is 0 Å². The van der Waals surface area contributed by atoms with Crippen LogP contribution in [0.15, 0.2) is 33.5 Å². The second kappa shape index (κ2) is 12.1. The molecule has 10 heteroatoms. The van der Waals surface area contributed by atoms with Crippen LogP contribution in [0, 0.1) is 5.92 Å². The normalized spacial score (nSPS) is 12.7. The van der Waals surface area contributed by atoms with Crippen LogP contribution in [0.2, 0.25) is 0 Å². The number of ketones is 1. The van der Waals surface area contributed by atoms with Crippen molar-refractivity contribution >= 4 is 40.2 Å². The van der Waals surface area contributed by atoms with Crippen molar-refractivity contribution in [2.24, 2.45) is 5.92 Å². The predicted molar refractivity (Wildman–Crippen MR) is 132 cm³/mol. The second-order valence-corrected chi connectivity index (χ2v) is 8.52. The van der Waals surface area contributed by atoms with Gasteiger partial charge in [-0.3, -0.25) is 19.2 Å². The van der Waals surface area contributed by atoms with Crippen LogP contribution in [0.3, 0.4) is 0 Å². The molecule has 1 heterocycles. The predicted octanol–water partition coefficient (Wildman–Crippen LogP) is 2.33. The van der Waals surface area contributed by atoms with Gasteiger partial charge in [-0.2, -0.15) is 0 Å². The number of carboxylic acids is 1. The first-order valence-electron chi connectivity index (χ1n) is 11.7. The molecule has 0 fully saturated rings. The molecule has 0 aliphatic rings. The molecular weight excluding hydrogens is 454 g/mol. The third-order valence-corrected chi connectivity index (χ3v) is 5.76. The Balaban J connectivity index is 2.29. The lowest BCUT2D eigenvalue weighted by atomic mass is 10.0. The van der Waals surface area contributed by atoms with Gasteiger partial charge in [0.15, 0.2) is 5.78 Å². The average molecular weight is 488 g/mol. The molecule has 1 unspecified atom stereocenters. The monoisotopic (exact) mass is 487 g/mol. The summed E-state index contributed by atoms with van der Waals surface area (Å²) in [5.41, 5.74) is 0.110. The minimum Gasteiger partial charge on any atom is -0.481 e. The summed E-state index contributed by atoms with van der Waals surface area (Å²) in [6.45, 7) is 10.5. The highest BCUT2D eigenvalue weighted by Gasteiger charge is 2.30. The number of hydrogen-bond donors (Lipinski definition) is 3. The molecule has 2 amide bonds. The molecule has 2 atom stereocenters. The molecule has 0 radical (unpaired) electrons. The molecule has 190 valence electrons. The van der Waals surface area contributed by atoms with Crippen LogP contribution in [0.1, 0.15) is 57.8 Å². The van der Waals surface area contributed by atoms with Crippen LogP contribution in [0.4, 0.5) is 5.69 Å². The minimum atomic E-state index is -1.24. The number of aliphatic carboxylic acids is 1. The Morgan fingerprint density at radius 1 is 1.03 bits per heavy atom. The third-order valence-electron chi connectivity index (χ3n) is 5.76. The number of benzene rings is 1. The molecule has 3 N–H and O–H groups in total. The molecule has 0 aliphatic heterocycles. The molecule has 2 aromatic rings. The highest BCUT2D eigenvalue weighted by molar-refractivity contribution is 6.00. The number of carboxylic acid groups (broad SMARTS) is 1. The largest absolute Gasteiger partial charge is 0.481 e. The Morgan fingerprint density at radius 3 is 2.23 bits per heavy atom. The summed E-state index contributed by atoms with van der Waals surface area (Å²) in [7, 11) is 0. The molecule has 35 heavy (non-hydrogen) atoms. The minimum absolute atomic E-state index is 0.0467. The van der Waals surface area contributed by atoms with Crippen LogP contribution in [0.5, 0.6) is 0 Å². The van der Waals surface area contributed by atoms with E-state index in [0.29, 0.717) is 11.0 Å². The maximum Gasteiger partial charge on any atom is 0.349 e. The van der Waals surface area contributed by atoms with Gasteiger partial charge in [-0.25, -0.2) is 4.79 Å². The van der Waals surface area contributed by atoms with Crippen molar-refractivity contribution < 1.29 is 28.7 Å². The van der Waals surface area contributed by atoms with E-state index in [1.165, 1.54) is 6.07 Å². The van der Waals surface area contributed by atoms with Crippen LogP contribution in [-0.4, -0.2) is 53.8 Å². The number of rotatable bonds is 12. The number of hydrogen-bond acceptors (Lipinski definition) is 7. The Hall–Kier alpha value is -3.69. The molecule has 10 nitrogen and oxygen atoms in total. The highest BCUT2D eigenvalue weighted by Crippen LogP contribution is 2.22. The number of nitrogens with one attached hydrogen (secondary N) is 2. The molecule has 0 aliphatic carbocycles. The van der Waals surface area contributed by atoms with Crippen molar-refractivity contribution in [2.45, 2.75) is 59.5 Å². The Bertz CT molecular complexity index is 1150. The number of amides is 2. The van der Waals surface area contributed by atoms with Crippen molar-refractivity contribution in [1.82, 2.24) is 10.6 Å². The van der Waals surface area contributed by atoms with E-state index in [-0.39, 0.29) is 12.0 Å². The number of carbonyl (C=O) groups excluding carboxylic acids is 3. The highest BCUT2D eigenvalue weighted by atomic mass is 16.4. The fraction of sp³-hybridized carbons (Fsp3) is 0.480. The lowest BCUT2D eigenvalue weighted by Gasteiger charge is -2.24. The zero-order valence-corrected chi connectivity index (χ0v) is 20.7. The van der Waals surface area contributed by atoms with Gasteiger partial charge in [-0.15, -0.1) is 0 Å². The van der Waals surface area contributed by atoms with Gasteiger partial charge in [0.05, 0.1) is 12.5 Å². The van der Waals surface area contributed by atoms with Crippen molar-refractivity contribution in [1.29, 1.82) is 0 Å². The van der Waals surface area contributed by atoms with E-state index in [0.717, 1.165) is 18.8 Å². The summed E-state index contributed by atoms with van der Waals surface area (Å²) < 4.78 is 5.40. The topological polar surface area (TPSA) is 146 Å². The van der Waals surface area contributed by atoms with Crippen LogP contribution >= 0.6 is 0 Å². The van der Waals surface area contributed by atoms with E-state index in [4.69, 9.17) is 9.52 Å². The quantitative estimate of drug-likeness (QED) is 0.387. The van der Waals surface area contributed by atoms with Gasteiger partial charge in [-0.05, 0) is 38.0 Å². The van der Waals surface area contributed by atoms with Crippen molar-refractivity contribution in [3.63, 3.8) is 0 Å². The van der Waals surface area contributed by atoms with Gasteiger partial charge in [0.1, 0.15) is 17.2 Å². The van der Waals surface area contributed by atoms with Gasteiger partial charge in [0, 0.05) is 36.7 Å². The first-order valence-corrected chi connectivity index (χ1v) is 11.7. The number of anilines is 1. The number of fused-ring (bicyclic) bond motifs is 1. The zero-order valence-electron chi connectivity index (χ0n) is 20.7. The summed E-state index contributed by atoms with van der Waals surface area (Å²) in [5, 5.41) is 14.5. The summed E-state index contributed by atoms with van der Waals surface area (Å²) >= 11 is 0. The van der Waals surface area contributed by atoms with Gasteiger partial charge in [0.25, 0.3) is 5.91 Å². The van der Waals surface area contributed by atoms with E-state index in [9.17, 15) is 24.0 Å². The summed E-state index contributed by atoms with van der Waals surface area (Å²) in [6, 6.07) is 4.45. The van der Waals surface area contributed by atoms with Crippen LogP contribution in [-0.2, 0) is 14.4 Å². The zero-order chi connectivity index (χ0) is 26.3. The van der Waals surface area contributed by atoms with E-state index >= 15 is 0 Å². The summed E-state index contributed by atoms with van der Waals surface area (Å²) in [4.78, 5) is 63.6. The lowest BCUT2D eigenvalue weighted by molar-refractivity contribution is -0.140. The molecule has 1 aromatic carbocycles. The van der Waals surface area contributed by atoms with E-state index in [2.05, 4.69) is 15.5 Å². The Kier molecular flexibility index (Phi) is 9.56. The molecule has 0 saturated heterocycles. The molecule has 0 bridgehead atoms. The van der Waals surface area contributed by atoms with Crippen LogP contribution < -0.4 is 21.2 Å². The number of carbonyl (C=O) groups is 4. The van der Waals surface area contributed by atoms with E-state index in [1.54, 1.807) is 32.9 Å².